The summed E-state index contributed by atoms with van der Waals surface area (Å²) < 4.78 is 5.35. The van der Waals surface area contributed by atoms with Crippen molar-refractivity contribution in [1.29, 1.82) is 0 Å². The standard InChI is InChI=1S/C15H30N2O2/c1-12(2)9-10-16-11-13(3)19-15(18)17-14-7-5-4-6-8-14/h12-14,16H,4-11H2,1-3H3,(H,17,18). The summed E-state index contributed by atoms with van der Waals surface area (Å²) in [5.41, 5.74) is 0. The smallest absolute Gasteiger partial charge is 0.407 e. The highest BCUT2D eigenvalue weighted by Crippen LogP contribution is 2.17. The molecule has 1 atom stereocenters. The number of rotatable bonds is 7. The lowest BCUT2D eigenvalue weighted by Gasteiger charge is -2.23. The summed E-state index contributed by atoms with van der Waals surface area (Å²) in [7, 11) is 0. The van der Waals surface area contributed by atoms with Gasteiger partial charge in [0.25, 0.3) is 0 Å². The zero-order chi connectivity index (χ0) is 14.1. The van der Waals surface area contributed by atoms with Crippen LogP contribution in [0.4, 0.5) is 4.79 Å². The van der Waals surface area contributed by atoms with Gasteiger partial charge in [-0.25, -0.2) is 4.79 Å². The molecule has 1 aliphatic rings. The second-order valence-corrected chi connectivity index (χ2v) is 6.08. The summed E-state index contributed by atoms with van der Waals surface area (Å²) in [5, 5.41) is 6.29. The van der Waals surface area contributed by atoms with Gasteiger partial charge in [-0.2, -0.15) is 0 Å². The number of nitrogens with one attached hydrogen (secondary N) is 2. The van der Waals surface area contributed by atoms with Gasteiger partial charge in [0.05, 0.1) is 0 Å². The highest BCUT2D eigenvalue weighted by molar-refractivity contribution is 5.67. The first-order valence-electron chi connectivity index (χ1n) is 7.75. The molecular weight excluding hydrogens is 240 g/mol. The van der Waals surface area contributed by atoms with Crippen LogP contribution in [-0.4, -0.2) is 31.3 Å². The summed E-state index contributed by atoms with van der Waals surface area (Å²) in [6, 6.07) is 0.322. The van der Waals surface area contributed by atoms with Gasteiger partial charge in [-0.1, -0.05) is 33.1 Å². The fourth-order valence-electron chi connectivity index (χ4n) is 2.37. The van der Waals surface area contributed by atoms with Crippen LogP contribution in [0.1, 0.15) is 59.3 Å². The third-order valence-electron chi connectivity index (χ3n) is 3.57. The zero-order valence-electron chi connectivity index (χ0n) is 12.7. The molecule has 0 aliphatic heterocycles. The number of carbonyl (C=O) groups is 1. The third-order valence-corrected chi connectivity index (χ3v) is 3.57. The fourth-order valence-corrected chi connectivity index (χ4v) is 2.37. The molecule has 0 bridgehead atoms. The highest BCUT2D eigenvalue weighted by atomic mass is 16.6. The topological polar surface area (TPSA) is 50.4 Å². The first-order chi connectivity index (χ1) is 9.08. The Hall–Kier alpha value is -0.770. The molecule has 0 radical (unpaired) electrons. The van der Waals surface area contributed by atoms with Crippen molar-refractivity contribution in [2.75, 3.05) is 13.1 Å². The van der Waals surface area contributed by atoms with E-state index in [0.29, 0.717) is 12.0 Å². The predicted octanol–water partition coefficient (Wildman–Crippen LogP) is 3.07. The minimum Gasteiger partial charge on any atom is -0.445 e. The minimum atomic E-state index is -0.259. The van der Waals surface area contributed by atoms with Gasteiger partial charge < -0.3 is 15.4 Å². The number of alkyl carbamates (subject to hydrolysis) is 1. The Labute approximate surface area is 117 Å². The van der Waals surface area contributed by atoms with Gasteiger partial charge in [0.1, 0.15) is 6.10 Å². The molecule has 4 nitrogen and oxygen atoms in total. The maximum atomic E-state index is 11.7. The molecule has 1 aliphatic carbocycles. The van der Waals surface area contributed by atoms with E-state index in [-0.39, 0.29) is 12.2 Å². The minimum absolute atomic E-state index is 0.0734. The average Bonchev–Trinajstić information content (AvgIpc) is 2.35. The van der Waals surface area contributed by atoms with Crippen molar-refractivity contribution in [2.24, 2.45) is 5.92 Å². The number of ether oxygens (including phenoxy) is 1. The van der Waals surface area contributed by atoms with Gasteiger partial charge >= 0.3 is 6.09 Å². The molecule has 0 heterocycles. The molecule has 2 N–H and O–H groups in total. The van der Waals surface area contributed by atoms with Gasteiger partial charge in [0.15, 0.2) is 0 Å². The van der Waals surface area contributed by atoms with Gasteiger partial charge in [-0.05, 0) is 38.6 Å². The fraction of sp³-hybridized carbons (Fsp3) is 0.933. The Morgan fingerprint density at radius 2 is 1.89 bits per heavy atom. The van der Waals surface area contributed by atoms with Crippen LogP contribution >= 0.6 is 0 Å². The lowest BCUT2D eigenvalue weighted by molar-refractivity contribution is 0.101. The molecule has 4 heteroatoms. The first kappa shape index (κ1) is 16.3. The molecule has 1 saturated carbocycles. The molecule has 112 valence electrons. The van der Waals surface area contributed by atoms with E-state index in [1.807, 2.05) is 6.92 Å². The second-order valence-electron chi connectivity index (χ2n) is 6.08. The van der Waals surface area contributed by atoms with Crippen molar-refractivity contribution >= 4 is 6.09 Å². The lowest BCUT2D eigenvalue weighted by atomic mass is 9.96. The normalized spacial score (nSPS) is 18.3. The van der Waals surface area contributed by atoms with E-state index >= 15 is 0 Å². The Morgan fingerprint density at radius 3 is 2.53 bits per heavy atom. The zero-order valence-corrected chi connectivity index (χ0v) is 12.7. The van der Waals surface area contributed by atoms with E-state index in [1.165, 1.54) is 19.3 Å². The Balaban J connectivity index is 2.06. The maximum absolute atomic E-state index is 11.7. The van der Waals surface area contributed by atoms with Crippen LogP contribution in [0.5, 0.6) is 0 Å². The molecule has 0 aromatic heterocycles. The third kappa shape index (κ3) is 8.09. The maximum Gasteiger partial charge on any atom is 0.407 e. The van der Waals surface area contributed by atoms with Crippen LogP contribution in [0.2, 0.25) is 0 Å². The monoisotopic (exact) mass is 270 g/mol. The Bertz CT molecular complexity index is 251. The lowest BCUT2D eigenvalue weighted by Crippen LogP contribution is -2.39. The second kappa shape index (κ2) is 9.18. The van der Waals surface area contributed by atoms with Gasteiger partial charge in [0.2, 0.25) is 0 Å². The molecular formula is C15H30N2O2. The van der Waals surface area contributed by atoms with Gasteiger partial charge in [0, 0.05) is 12.6 Å². The summed E-state index contributed by atoms with van der Waals surface area (Å²) in [4.78, 5) is 11.7. The van der Waals surface area contributed by atoms with Crippen LogP contribution in [0.25, 0.3) is 0 Å². The number of amides is 1. The summed E-state index contributed by atoms with van der Waals surface area (Å²) in [5.74, 6) is 0.707. The molecule has 0 saturated heterocycles. The van der Waals surface area contributed by atoms with Crippen molar-refractivity contribution in [2.45, 2.75) is 71.4 Å². The number of carbonyl (C=O) groups excluding carboxylic acids is 1. The number of hydrogen-bond acceptors (Lipinski definition) is 3. The van der Waals surface area contributed by atoms with Crippen LogP contribution in [0.3, 0.4) is 0 Å². The Kier molecular flexibility index (Phi) is 7.87. The van der Waals surface area contributed by atoms with E-state index < -0.39 is 0 Å². The molecule has 19 heavy (non-hydrogen) atoms. The molecule has 1 fully saturated rings. The number of hydrogen-bond donors (Lipinski definition) is 2. The molecule has 0 aromatic rings. The van der Waals surface area contributed by atoms with Crippen LogP contribution in [0.15, 0.2) is 0 Å². The molecule has 1 unspecified atom stereocenters. The Morgan fingerprint density at radius 1 is 1.21 bits per heavy atom. The van der Waals surface area contributed by atoms with Crippen molar-refractivity contribution < 1.29 is 9.53 Å². The highest BCUT2D eigenvalue weighted by Gasteiger charge is 2.17. The first-order valence-corrected chi connectivity index (χ1v) is 7.75. The molecule has 0 aromatic carbocycles. The molecule has 1 amide bonds. The van der Waals surface area contributed by atoms with Crippen LogP contribution in [-0.2, 0) is 4.74 Å². The van der Waals surface area contributed by atoms with E-state index in [0.717, 1.165) is 32.4 Å². The molecule has 0 spiro atoms. The molecule has 1 rings (SSSR count). The van der Waals surface area contributed by atoms with Gasteiger partial charge in [-0.15, -0.1) is 0 Å². The van der Waals surface area contributed by atoms with Crippen molar-refractivity contribution in [3.8, 4) is 0 Å². The largest absolute Gasteiger partial charge is 0.445 e. The van der Waals surface area contributed by atoms with Crippen LogP contribution in [0, 0.1) is 5.92 Å². The van der Waals surface area contributed by atoms with Crippen molar-refractivity contribution in [3.05, 3.63) is 0 Å². The summed E-state index contributed by atoms with van der Waals surface area (Å²) in [6.07, 6.45) is 6.74. The summed E-state index contributed by atoms with van der Waals surface area (Å²) in [6.45, 7) is 8.06. The predicted molar refractivity (Wildman–Crippen MR) is 78.3 cm³/mol. The quantitative estimate of drug-likeness (QED) is 0.699. The van der Waals surface area contributed by atoms with E-state index in [2.05, 4.69) is 24.5 Å². The van der Waals surface area contributed by atoms with Gasteiger partial charge in [-0.3, -0.25) is 0 Å². The summed E-state index contributed by atoms with van der Waals surface area (Å²) >= 11 is 0. The van der Waals surface area contributed by atoms with Crippen molar-refractivity contribution in [1.82, 2.24) is 10.6 Å². The van der Waals surface area contributed by atoms with Crippen LogP contribution < -0.4 is 10.6 Å². The van der Waals surface area contributed by atoms with Crippen molar-refractivity contribution in [3.63, 3.8) is 0 Å². The SMILES string of the molecule is CC(C)CCNCC(C)OC(=O)NC1CCCCC1. The van der Waals surface area contributed by atoms with E-state index in [4.69, 9.17) is 4.74 Å². The van der Waals surface area contributed by atoms with E-state index in [1.54, 1.807) is 0 Å². The average molecular weight is 270 g/mol. The van der Waals surface area contributed by atoms with E-state index in [9.17, 15) is 4.79 Å².